The van der Waals surface area contributed by atoms with E-state index in [4.69, 9.17) is 0 Å². The maximum atomic E-state index is 14.3. The van der Waals surface area contributed by atoms with Gasteiger partial charge in [-0.2, -0.15) is 0 Å². The number of hydrogen-bond donors (Lipinski definition) is 0. The van der Waals surface area contributed by atoms with E-state index in [-0.39, 0.29) is 11.6 Å². The van der Waals surface area contributed by atoms with Crippen molar-refractivity contribution in [1.29, 1.82) is 0 Å². The number of halogens is 4. The lowest BCUT2D eigenvalue weighted by atomic mass is 9.87. The Morgan fingerprint density at radius 2 is 1.83 bits per heavy atom. The molecular weight excluding hydrogens is 320 g/mol. The first-order valence-electron chi connectivity index (χ1n) is 7.71. The SMILES string of the molecule is CCc1ccc(C2=CCc3cc(OC(F)(F)F)ccc3C2)c(F)c1. The largest absolute Gasteiger partial charge is 0.573 e. The third-order valence-electron chi connectivity index (χ3n) is 4.15. The molecule has 0 heterocycles. The highest BCUT2D eigenvalue weighted by atomic mass is 19.4. The highest BCUT2D eigenvalue weighted by Crippen LogP contribution is 2.32. The first-order chi connectivity index (χ1) is 11.4. The number of allylic oxidation sites excluding steroid dienone is 2. The van der Waals surface area contributed by atoms with Crippen LogP contribution in [0.2, 0.25) is 0 Å². The normalized spacial score (nSPS) is 14.1. The molecule has 0 spiro atoms. The fourth-order valence-corrected chi connectivity index (χ4v) is 2.92. The van der Waals surface area contributed by atoms with Crippen molar-refractivity contribution >= 4 is 5.57 Å². The molecule has 126 valence electrons. The third-order valence-corrected chi connectivity index (χ3v) is 4.15. The van der Waals surface area contributed by atoms with Gasteiger partial charge in [0.25, 0.3) is 0 Å². The van der Waals surface area contributed by atoms with E-state index in [1.165, 1.54) is 18.2 Å². The number of alkyl halides is 3. The summed E-state index contributed by atoms with van der Waals surface area (Å²) in [6.45, 7) is 1.96. The molecule has 0 saturated carbocycles. The molecule has 1 aliphatic rings. The second-order valence-electron chi connectivity index (χ2n) is 5.76. The predicted molar refractivity (Wildman–Crippen MR) is 84.3 cm³/mol. The van der Waals surface area contributed by atoms with Gasteiger partial charge in [-0.05, 0) is 59.7 Å². The van der Waals surface area contributed by atoms with Crippen molar-refractivity contribution in [3.63, 3.8) is 0 Å². The molecule has 0 unspecified atom stereocenters. The van der Waals surface area contributed by atoms with Gasteiger partial charge in [-0.3, -0.25) is 0 Å². The molecule has 0 amide bonds. The highest BCUT2D eigenvalue weighted by molar-refractivity contribution is 5.71. The van der Waals surface area contributed by atoms with Crippen molar-refractivity contribution in [2.75, 3.05) is 0 Å². The van der Waals surface area contributed by atoms with Gasteiger partial charge < -0.3 is 4.74 Å². The van der Waals surface area contributed by atoms with Gasteiger partial charge in [-0.15, -0.1) is 13.2 Å². The van der Waals surface area contributed by atoms with E-state index in [9.17, 15) is 17.6 Å². The Labute approximate surface area is 137 Å². The van der Waals surface area contributed by atoms with E-state index in [0.29, 0.717) is 18.4 Å². The number of benzene rings is 2. The quantitative estimate of drug-likeness (QED) is 0.676. The number of ether oxygens (including phenoxy) is 1. The zero-order valence-corrected chi connectivity index (χ0v) is 13.1. The lowest BCUT2D eigenvalue weighted by Gasteiger charge is -2.19. The summed E-state index contributed by atoms with van der Waals surface area (Å²) in [6, 6.07) is 9.51. The smallest absolute Gasteiger partial charge is 0.406 e. The fourth-order valence-electron chi connectivity index (χ4n) is 2.92. The Morgan fingerprint density at radius 3 is 2.50 bits per heavy atom. The second kappa shape index (κ2) is 6.30. The van der Waals surface area contributed by atoms with E-state index in [1.54, 1.807) is 12.1 Å². The standard InChI is InChI=1S/C19H16F4O/c1-2-12-3-8-17(18(20)9-12)15-5-4-14-11-16(24-19(21,22)23)7-6-13(14)10-15/h3,5-9,11H,2,4,10H2,1H3. The minimum absolute atomic E-state index is 0.225. The molecule has 0 aromatic heterocycles. The van der Waals surface area contributed by atoms with Crippen LogP contribution in [0.5, 0.6) is 5.75 Å². The molecule has 0 radical (unpaired) electrons. The zero-order chi connectivity index (χ0) is 17.3. The van der Waals surface area contributed by atoms with Crippen LogP contribution in [0.4, 0.5) is 17.6 Å². The van der Waals surface area contributed by atoms with Crippen LogP contribution < -0.4 is 4.74 Å². The molecule has 3 rings (SSSR count). The van der Waals surface area contributed by atoms with E-state index >= 15 is 0 Å². The summed E-state index contributed by atoms with van der Waals surface area (Å²) < 4.78 is 55.1. The minimum atomic E-state index is -4.70. The summed E-state index contributed by atoms with van der Waals surface area (Å²) in [5, 5.41) is 0. The van der Waals surface area contributed by atoms with Crippen molar-refractivity contribution < 1.29 is 22.3 Å². The van der Waals surface area contributed by atoms with Gasteiger partial charge in [-0.1, -0.05) is 31.2 Å². The molecule has 0 aliphatic heterocycles. The monoisotopic (exact) mass is 336 g/mol. The summed E-state index contributed by atoms with van der Waals surface area (Å²) in [4.78, 5) is 0. The highest BCUT2D eigenvalue weighted by Gasteiger charge is 2.31. The van der Waals surface area contributed by atoms with Crippen LogP contribution in [0.1, 0.15) is 29.2 Å². The summed E-state index contributed by atoms with van der Waals surface area (Å²) >= 11 is 0. The van der Waals surface area contributed by atoms with Crippen LogP contribution in [0.25, 0.3) is 5.57 Å². The van der Waals surface area contributed by atoms with Crippen LogP contribution in [0.15, 0.2) is 42.5 Å². The summed E-state index contributed by atoms with van der Waals surface area (Å²) in [6.07, 6.45) is -1.13. The van der Waals surface area contributed by atoms with Crippen molar-refractivity contribution in [2.24, 2.45) is 0 Å². The number of aryl methyl sites for hydroxylation is 1. The molecular formula is C19H16F4O. The number of fused-ring (bicyclic) bond motifs is 1. The summed E-state index contributed by atoms with van der Waals surface area (Å²) in [5.74, 6) is -0.488. The molecule has 0 bridgehead atoms. The van der Waals surface area contributed by atoms with Gasteiger partial charge >= 0.3 is 6.36 Å². The van der Waals surface area contributed by atoms with Crippen LogP contribution in [0, 0.1) is 5.82 Å². The first kappa shape index (κ1) is 16.6. The van der Waals surface area contributed by atoms with Gasteiger partial charge in [0.2, 0.25) is 0 Å². The third kappa shape index (κ3) is 3.61. The molecule has 2 aromatic carbocycles. The maximum absolute atomic E-state index is 14.3. The van der Waals surface area contributed by atoms with E-state index in [1.807, 2.05) is 19.1 Å². The van der Waals surface area contributed by atoms with Gasteiger partial charge in [0.1, 0.15) is 11.6 Å². The zero-order valence-electron chi connectivity index (χ0n) is 13.1. The Hall–Kier alpha value is -2.30. The van der Waals surface area contributed by atoms with Crippen LogP contribution in [-0.4, -0.2) is 6.36 Å². The molecule has 5 heteroatoms. The predicted octanol–water partition coefficient (Wildman–Crippen LogP) is 5.47. The molecule has 0 N–H and O–H groups in total. The minimum Gasteiger partial charge on any atom is -0.406 e. The Bertz CT molecular complexity index is 790. The molecule has 0 atom stereocenters. The average Bonchev–Trinajstić information content (AvgIpc) is 2.52. The van der Waals surface area contributed by atoms with E-state index in [2.05, 4.69) is 4.74 Å². The lowest BCUT2D eigenvalue weighted by Crippen LogP contribution is -2.17. The van der Waals surface area contributed by atoms with Gasteiger partial charge in [0.05, 0.1) is 0 Å². The van der Waals surface area contributed by atoms with Crippen molar-refractivity contribution in [2.45, 2.75) is 32.5 Å². The maximum Gasteiger partial charge on any atom is 0.573 e. The van der Waals surface area contributed by atoms with Crippen molar-refractivity contribution in [1.82, 2.24) is 0 Å². The Kier molecular flexibility index (Phi) is 4.35. The van der Waals surface area contributed by atoms with Crippen molar-refractivity contribution in [3.8, 4) is 5.75 Å². The molecule has 0 fully saturated rings. The fraction of sp³-hybridized carbons (Fsp3) is 0.263. The van der Waals surface area contributed by atoms with Crippen LogP contribution >= 0.6 is 0 Å². The molecule has 1 nitrogen and oxygen atoms in total. The first-order valence-corrected chi connectivity index (χ1v) is 7.71. The van der Waals surface area contributed by atoms with Crippen LogP contribution in [0.3, 0.4) is 0 Å². The molecule has 0 saturated heterocycles. The van der Waals surface area contributed by atoms with Gasteiger partial charge in [0.15, 0.2) is 0 Å². The number of rotatable bonds is 3. The van der Waals surface area contributed by atoms with E-state index in [0.717, 1.165) is 28.7 Å². The topological polar surface area (TPSA) is 9.23 Å². The van der Waals surface area contributed by atoms with E-state index < -0.39 is 6.36 Å². The average molecular weight is 336 g/mol. The summed E-state index contributed by atoms with van der Waals surface area (Å²) in [7, 11) is 0. The lowest BCUT2D eigenvalue weighted by molar-refractivity contribution is -0.274. The van der Waals surface area contributed by atoms with Gasteiger partial charge in [-0.25, -0.2) is 4.39 Å². The van der Waals surface area contributed by atoms with Crippen LogP contribution in [-0.2, 0) is 19.3 Å². The van der Waals surface area contributed by atoms with Crippen molar-refractivity contribution in [3.05, 3.63) is 70.5 Å². The summed E-state index contributed by atoms with van der Waals surface area (Å²) in [5.41, 5.74) is 4.00. The molecule has 1 aliphatic carbocycles. The second-order valence-corrected chi connectivity index (χ2v) is 5.76. The number of hydrogen-bond acceptors (Lipinski definition) is 1. The van der Waals surface area contributed by atoms with Gasteiger partial charge in [0, 0.05) is 5.56 Å². The Morgan fingerprint density at radius 1 is 1.04 bits per heavy atom. The Balaban J connectivity index is 1.84. The molecule has 2 aromatic rings. The molecule has 24 heavy (non-hydrogen) atoms.